The lowest BCUT2D eigenvalue weighted by Gasteiger charge is -2.22. The molecule has 3 N–H and O–H groups in total. The number of nitrogens with one attached hydrogen (secondary N) is 1. The van der Waals surface area contributed by atoms with Crippen molar-refractivity contribution in [1.29, 1.82) is 0 Å². The Hall–Kier alpha value is -0.800. The van der Waals surface area contributed by atoms with Crippen molar-refractivity contribution in [3.63, 3.8) is 0 Å². The molecule has 2 nitrogen and oxygen atoms in total. The Labute approximate surface area is 114 Å². The van der Waals surface area contributed by atoms with Crippen LogP contribution in [-0.4, -0.2) is 11.0 Å². The molecular weight excluding hydrogens is 252 g/mol. The van der Waals surface area contributed by atoms with Crippen molar-refractivity contribution in [3.05, 3.63) is 28.8 Å². The Morgan fingerprint density at radius 3 is 2.53 bits per heavy atom. The average Bonchev–Trinajstić information content (AvgIpc) is 2.26. The highest BCUT2D eigenvalue weighted by Crippen LogP contribution is 2.25. The molecule has 0 heterocycles. The van der Waals surface area contributed by atoms with Crippen LogP contribution in [0.5, 0.6) is 0 Å². The quantitative estimate of drug-likeness (QED) is 0.799. The lowest BCUT2D eigenvalue weighted by atomic mass is 10.0. The highest BCUT2D eigenvalue weighted by atomic mass is 35.5. The van der Waals surface area contributed by atoms with E-state index in [1.165, 1.54) is 0 Å². The second-order valence-electron chi connectivity index (χ2n) is 4.46. The third kappa shape index (κ3) is 3.86. The minimum Gasteiger partial charge on any atom is -0.389 e. The molecule has 0 bridgehead atoms. The van der Waals surface area contributed by atoms with Gasteiger partial charge in [0.1, 0.15) is 4.99 Å². The number of hydrogen-bond acceptors (Lipinski definition) is 2. The molecular formula is C13H19ClN2S. The molecule has 0 fully saturated rings. The summed E-state index contributed by atoms with van der Waals surface area (Å²) in [6.45, 7) is 6.55. The van der Waals surface area contributed by atoms with E-state index in [0.717, 1.165) is 17.7 Å². The summed E-state index contributed by atoms with van der Waals surface area (Å²) in [5.74, 6) is 0.561. The van der Waals surface area contributed by atoms with Gasteiger partial charge < -0.3 is 11.1 Å². The molecule has 0 saturated heterocycles. The first-order valence-electron chi connectivity index (χ1n) is 5.81. The molecule has 1 aromatic rings. The van der Waals surface area contributed by atoms with E-state index in [1.54, 1.807) is 6.07 Å². The Kier molecular flexibility index (Phi) is 5.22. The van der Waals surface area contributed by atoms with Crippen LogP contribution < -0.4 is 11.1 Å². The molecule has 1 atom stereocenters. The molecule has 17 heavy (non-hydrogen) atoms. The number of hydrogen-bond donors (Lipinski definition) is 2. The van der Waals surface area contributed by atoms with Crippen molar-refractivity contribution < 1.29 is 0 Å². The highest BCUT2D eigenvalue weighted by Gasteiger charge is 2.12. The van der Waals surface area contributed by atoms with Gasteiger partial charge in [-0.25, -0.2) is 0 Å². The first-order chi connectivity index (χ1) is 7.95. The van der Waals surface area contributed by atoms with E-state index in [2.05, 4.69) is 26.1 Å². The molecule has 4 heteroatoms. The van der Waals surface area contributed by atoms with Crippen LogP contribution in [-0.2, 0) is 0 Å². The van der Waals surface area contributed by atoms with Crippen LogP contribution >= 0.6 is 23.8 Å². The minimum atomic E-state index is 0.370. The summed E-state index contributed by atoms with van der Waals surface area (Å²) in [5.41, 5.74) is 7.30. The van der Waals surface area contributed by atoms with Crippen LogP contribution in [0.2, 0.25) is 5.02 Å². The predicted molar refractivity (Wildman–Crippen MR) is 79.9 cm³/mol. The van der Waals surface area contributed by atoms with Gasteiger partial charge in [0.2, 0.25) is 0 Å². The summed E-state index contributed by atoms with van der Waals surface area (Å²) in [6, 6.07) is 6.05. The summed E-state index contributed by atoms with van der Waals surface area (Å²) < 4.78 is 0. The van der Waals surface area contributed by atoms with Crippen LogP contribution in [0.3, 0.4) is 0 Å². The van der Waals surface area contributed by atoms with E-state index >= 15 is 0 Å². The molecule has 94 valence electrons. The summed E-state index contributed by atoms with van der Waals surface area (Å²) >= 11 is 11.1. The number of benzene rings is 1. The van der Waals surface area contributed by atoms with E-state index < -0.39 is 0 Å². The molecule has 0 aliphatic carbocycles. The van der Waals surface area contributed by atoms with Crippen LogP contribution in [0.15, 0.2) is 18.2 Å². The van der Waals surface area contributed by atoms with Gasteiger partial charge in [0.25, 0.3) is 0 Å². The third-order valence-electron chi connectivity index (χ3n) is 2.84. The van der Waals surface area contributed by atoms with Gasteiger partial charge in [-0.05, 0) is 30.5 Å². The fraction of sp³-hybridized carbons (Fsp3) is 0.462. The maximum absolute atomic E-state index is 6.20. The summed E-state index contributed by atoms with van der Waals surface area (Å²) in [4.78, 5) is 0.370. The standard InChI is InChI=1S/C13H19ClN2S/c1-4-11(8(2)3)16-12-6-5-9(13(15)17)7-10(12)14/h5-8,11,16H,4H2,1-3H3,(H2,15,17). The third-order valence-corrected chi connectivity index (χ3v) is 3.39. The minimum absolute atomic E-state index is 0.370. The average molecular weight is 271 g/mol. The number of rotatable bonds is 5. The second-order valence-corrected chi connectivity index (χ2v) is 5.31. The summed E-state index contributed by atoms with van der Waals surface area (Å²) in [5, 5.41) is 4.11. The number of nitrogens with two attached hydrogens (primary N) is 1. The zero-order valence-corrected chi connectivity index (χ0v) is 12.0. The van der Waals surface area contributed by atoms with Crippen molar-refractivity contribution >= 4 is 34.5 Å². The number of halogens is 1. The maximum Gasteiger partial charge on any atom is 0.104 e. The number of thiocarbonyl (C=S) groups is 1. The van der Waals surface area contributed by atoms with Gasteiger partial charge in [-0.2, -0.15) is 0 Å². The molecule has 1 aromatic carbocycles. The van der Waals surface area contributed by atoms with Crippen LogP contribution in [0, 0.1) is 5.92 Å². The monoisotopic (exact) mass is 270 g/mol. The summed E-state index contributed by atoms with van der Waals surface area (Å²) in [7, 11) is 0. The topological polar surface area (TPSA) is 38.0 Å². The van der Waals surface area contributed by atoms with E-state index in [4.69, 9.17) is 29.6 Å². The van der Waals surface area contributed by atoms with Crippen molar-refractivity contribution in [1.82, 2.24) is 0 Å². The molecule has 1 unspecified atom stereocenters. The first-order valence-corrected chi connectivity index (χ1v) is 6.60. The molecule has 0 saturated carbocycles. The van der Waals surface area contributed by atoms with E-state index in [9.17, 15) is 0 Å². The highest BCUT2D eigenvalue weighted by molar-refractivity contribution is 7.80. The largest absolute Gasteiger partial charge is 0.389 e. The first kappa shape index (κ1) is 14.3. The van der Waals surface area contributed by atoms with Crippen LogP contribution in [0.4, 0.5) is 5.69 Å². The number of anilines is 1. The predicted octanol–water partition coefficient (Wildman–Crippen LogP) is 3.82. The van der Waals surface area contributed by atoms with E-state index in [0.29, 0.717) is 22.0 Å². The fourth-order valence-electron chi connectivity index (χ4n) is 1.73. The Bertz CT molecular complexity index is 404. The lowest BCUT2D eigenvalue weighted by molar-refractivity contribution is 0.511. The molecule has 1 rings (SSSR count). The van der Waals surface area contributed by atoms with Gasteiger partial charge in [0.05, 0.1) is 10.7 Å². The Morgan fingerprint density at radius 2 is 2.12 bits per heavy atom. The molecule has 0 aliphatic heterocycles. The maximum atomic E-state index is 6.20. The second kappa shape index (κ2) is 6.22. The zero-order valence-electron chi connectivity index (χ0n) is 10.5. The lowest BCUT2D eigenvalue weighted by Crippen LogP contribution is -2.24. The smallest absolute Gasteiger partial charge is 0.104 e. The summed E-state index contributed by atoms with van der Waals surface area (Å²) in [6.07, 6.45) is 1.06. The van der Waals surface area contributed by atoms with Crippen molar-refractivity contribution in [3.8, 4) is 0 Å². The van der Waals surface area contributed by atoms with Gasteiger partial charge in [-0.3, -0.25) is 0 Å². The van der Waals surface area contributed by atoms with Crippen LogP contribution in [0.25, 0.3) is 0 Å². The molecule has 0 amide bonds. The Balaban J connectivity index is 2.89. The van der Waals surface area contributed by atoms with Crippen LogP contribution in [0.1, 0.15) is 32.8 Å². The molecule has 0 aromatic heterocycles. The fourth-order valence-corrected chi connectivity index (χ4v) is 2.09. The van der Waals surface area contributed by atoms with Gasteiger partial charge >= 0.3 is 0 Å². The molecule has 0 radical (unpaired) electrons. The van der Waals surface area contributed by atoms with Gasteiger partial charge in [0, 0.05) is 11.6 Å². The molecule has 0 aliphatic rings. The normalized spacial score (nSPS) is 12.5. The SMILES string of the molecule is CCC(Nc1ccc(C(N)=S)cc1Cl)C(C)C. The van der Waals surface area contributed by atoms with Crippen molar-refractivity contribution in [2.24, 2.45) is 11.7 Å². The van der Waals surface area contributed by atoms with Crippen molar-refractivity contribution in [2.45, 2.75) is 33.2 Å². The Morgan fingerprint density at radius 1 is 1.47 bits per heavy atom. The van der Waals surface area contributed by atoms with E-state index in [1.807, 2.05) is 12.1 Å². The molecule has 0 spiro atoms. The van der Waals surface area contributed by atoms with Gasteiger partial charge in [-0.1, -0.05) is 44.6 Å². The van der Waals surface area contributed by atoms with E-state index in [-0.39, 0.29) is 0 Å². The van der Waals surface area contributed by atoms with Gasteiger partial charge in [0.15, 0.2) is 0 Å². The van der Waals surface area contributed by atoms with Crippen molar-refractivity contribution in [2.75, 3.05) is 5.32 Å². The zero-order chi connectivity index (χ0) is 13.0. The van der Waals surface area contributed by atoms with Gasteiger partial charge in [-0.15, -0.1) is 0 Å².